The van der Waals surface area contributed by atoms with E-state index in [9.17, 15) is 4.79 Å². The lowest BCUT2D eigenvalue weighted by Gasteiger charge is -2.13. The van der Waals surface area contributed by atoms with Gasteiger partial charge in [-0.1, -0.05) is 6.07 Å². The fourth-order valence-corrected chi connectivity index (χ4v) is 1.92. The summed E-state index contributed by atoms with van der Waals surface area (Å²) < 4.78 is 5.32. The highest BCUT2D eigenvalue weighted by atomic mass is 16.5. The average Bonchev–Trinajstić information content (AvgIpc) is 2.46. The molecule has 0 aliphatic carbocycles. The summed E-state index contributed by atoms with van der Waals surface area (Å²) in [6.07, 6.45) is 1.84. The standard InChI is InChI=1S/C16H19N3O2/c1-11-4-5-14(17-9-11)10-18-15-8-13(19-12(2)20)6-7-16(15)21-3/h4-9,18H,10H2,1-3H3,(H,19,20). The van der Waals surface area contributed by atoms with Crippen LogP contribution >= 0.6 is 0 Å². The number of hydrogen-bond acceptors (Lipinski definition) is 4. The molecule has 0 fully saturated rings. The average molecular weight is 285 g/mol. The first-order chi connectivity index (χ1) is 10.1. The molecule has 0 saturated heterocycles. The smallest absolute Gasteiger partial charge is 0.221 e. The van der Waals surface area contributed by atoms with Crippen LogP contribution in [0.2, 0.25) is 0 Å². The number of hydrogen-bond donors (Lipinski definition) is 2. The number of carbonyl (C=O) groups is 1. The van der Waals surface area contributed by atoms with Gasteiger partial charge in [-0.05, 0) is 36.8 Å². The van der Waals surface area contributed by atoms with Gasteiger partial charge >= 0.3 is 0 Å². The summed E-state index contributed by atoms with van der Waals surface area (Å²) in [7, 11) is 1.61. The number of benzene rings is 1. The summed E-state index contributed by atoms with van der Waals surface area (Å²) >= 11 is 0. The number of aromatic nitrogens is 1. The molecule has 0 bridgehead atoms. The number of nitrogens with zero attached hydrogens (tertiary/aromatic N) is 1. The van der Waals surface area contributed by atoms with Gasteiger partial charge in [-0.2, -0.15) is 0 Å². The molecule has 0 spiro atoms. The zero-order valence-electron chi connectivity index (χ0n) is 12.4. The Kier molecular flexibility index (Phi) is 4.77. The van der Waals surface area contributed by atoms with Crippen molar-refractivity contribution in [2.75, 3.05) is 17.7 Å². The summed E-state index contributed by atoms with van der Waals surface area (Å²) in [6, 6.07) is 9.46. The second-order valence-corrected chi connectivity index (χ2v) is 4.78. The lowest BCUT2D eigenvalue weighted by Crippen LogP contribution is -2.07. The van der Waals surface area contributed by atoms with Crippen molar-refractivity contribution in [3.05, 3.63) is 47.8 Å². The van der Waals surface area contributed by atoms with Crippen LogP contribution in [0.3, 0.4) is 0 Å². The molecule has 0 aliphatic rings. The zero-order valence-corrected chi connectivity index (χ0v) is 12.4. The molecule has 2 rings (SSSR count). The lowest BCUT2D eigenvalue weighted by molar-refractivity contribution is -0.114. The topological polar surface area (TPSA) is 63.2 Å². The minimum Gasteiger partial charge on any atom is -0.495 e. The Hall–Kier alpha value is -2.56. The number of nitrogens with one attached hydrogen (secondary N) is 2. The summed E-state index contributed by atoms with van der Waals surface area (Å²) in [5, 5.41) is 6.03. The zero-order chi connectivity index (χ0) is 15.2. The van der Waals surface area contributed by atoms with Gasteiger partial charge in [0.15, 0.2) is 0 Å². The molecule has 5 nitrogen and oxygen atoms in total. The maximum Gasteiger partial charge on any atom is 0.221 e. The number of aryl methyl sites for hydroxylation is 1. The summed E-state index contributed by atoms with van der Waals surface area (Å²) in [6.45, 7) is 4.07. The number of amides is 1. The Morgan fingerprint density at radius 1 is 1.29 bits per heavy atom. The van der Waals surface area contributed by atoms with Crippen molar-refractivity contribution in [3.63, 3.8) is 0 Å². The van der Waals surface area contributed by atoms with Crippen molar-refractivity contribution in [1.82, 2.24) is 4.98 Å². The van der Waals surface area contributed by atoms with Crippen LogP contribution in [0.25, 0.3) is 0 Å². The van der Waals surface area contributed by atoms with Crippen LogP contribution in [0.5, 0.6) is 5.75 Å². The molecule has 0 aliphatic heterocycles. The van der Waals surface area contributed by atoms with Crippen LogP contribution in [-0.4, -0.2) is 18.0 Å². The normalized spacial score (nSPS) is 10.0. The molecule has 0 unspecified atom stereocenters. The van der Waals surface area contributed by atoms with E-state index in [1.807, 2.05) is 37.4 Å². The Balaban J connectivity index is 2.13. The van der Waals surface area contributed by atoms with Crippen molar-refractivity contribution in [1.29, 1.82) is 0 Å². The Bertz CT molecular complexity index is 624. The van der Waals surface area contributed by atoms with E-state index in [1.54, 1.807) is 13.2 Å². The molecule has 2 aromatic rings. The number of methoxy groups -OCH3 is 1. The Morgan fingerprint density at radius 3 is 2.71 bits per heavy atom. The molecule has 5 heteroatoms. The predicted octanol–water partition coefficient (Wildman–Crippen LogP) is 2.97. The summed E-state index contributed by atoms with van der Waals surface area (Å²) in [4.78, 5) is 15.5. The molecule has 21 heavy (non-hydrogen) atoms. The van der Waals surface area contributed by atoms with Crippen molar-refractivity contribution in [2.45, 2.75) is 20.4 Å². The number of ether oxygens (including phenoxy) is 1. The van der Waals surface area contributed by atoms with Gasteiger partial charge in [0.05, 0.1) is 25.0 Å². The Morgan fingerprint density at radius 2 is 2.10 bits per heavy atom. The summed E-state index contributed by atoms with van der Waals surface area (Å²) in [5.74, 6) is 0.613. The highest BCUT2D eigenvalue weighted by molar-refractivity contribution is 5.89. The molecule has 1 heterocycles. The van der Waals surface area contributed by atoms with E-state index in [0.29, 0.717) is 6.54 Å². The molecule has 0 atom stereocenters. The highest BCUT2D eigenvalue weighted by Gasteiger charge is 2.05. The largest absolute Gasteiger partial charge is 0.495 e. The first kappa shape index (κ1) is 14.8. The first-order valence-electron chi connectivity index (χ1n) is 6.69. The van der Waals surface area contributed by atoms with E-state index in [1.165, 1.54) is 6.92 Å². The number of anilines is 2. The van der Waals surface area contributed by atoms with E-state index in [2.05, 4.69) is 15.6 Å². The van der Waals surface area contributed by atoms with E-state index in [-0.39, 0.29) is 5.91 Å². The maximum absolute atomic E-state index is 11.1. The first-order valence-corrected chi connectivity index (χ1v) is 6.69. The molecular formula is C16H19N3O2. The second-order valence-electron chi connectivity index (χ2n) is 4.78. The van der Waals surface area contributed by atoms with Gasteiger partial charge in [0.1, 0.15) is 5.75 Å². The van der Waals surface area contributed by atoms with E-state index < -0.39 is 0 Å². The van der Waals surface area contributed by atoms with Crippen LogP contribution in [0, 0.1) is 6.92 Å². The molecule has 1 aromatic carbocycles. The fraction of sp³-hybridized carbons (Fsp3) is 0.250. The molecule has 2 N–H and O–H groups in total. The van der Waals surface area contributed by atoms with Gasteiger partial charge in [0.25, 0.3) is 0 Å². The third-order valence-electron chi connectivity index (χ3n) is 2.95. The van der Waals surface area contributed by atoms with E-state index >= 15 is 0 Å². The van der Waals surface area contributed by atoms with Crippen molar-refractivity contribution in [2.24, 2.45) is 0 Å². The second kappa shape index (κ2) is 6.74. The minimum atomic E-state index is -0.105. The van der Waals surface area contributed by atoms with Gasteiger partial charge in [0, 0.05) is 18.8 Å². The molecule has 0 radical (unpaired) electrons. The number of carbonyl (C=O) groups excluding carboxylic acids is 1. The lowest BCUT2D eigenvalue weighted by atomic mass is 10.2. The van der Waals surface area contributed by atoms with E-state index in [0.717, 1.165) is 28.4 Å². The highest BCUT2D eigenvalue weighted by Crippen LogP contribution is 2.28. The monoisotopic (exact) mass is 285 g/mol. The van der Waals surface area contributed by atoms with Crippen molar-refractivity contribution >= 4 is 17.3 Å². The molecule has 1 amide bonds. The quantitative estimate of drug-likeness (QED) is 0.886. The van der Waals surface area contributed by atoms with Crippen molar-refractivity contribution in [3.8, 4) is 5.75 Å². The van der Waals surface area contributed by atoms with Gasteiger partial charge in [-0.3, -0.25) is 9.78 Å². The third kappa shape index (κ3) is 4.21. The van der Waals surface area contributed by atoms with Crippen LogP contribution in [-0.2, 0) is 11.3 Å². The molecule has 110 valence electrons. The number of pyridine rings is 1. The van der Waals surface area contributed by atoms with Crippen LogP contribution < -0.4 is 15.4 Å². The van der Waals surface area contributed by atoms with Crippen LogP contribution in [0.15, 0.2) is 36.5 Å². The van der Waals surface area contributed by atoms with Gasteiger partial charge in [0.2, 0.25) is 5.91 Å². The predicted molar refractivity (Wildman–Crippen MR) is 83.6 cm³/mol. The SMILES string of the molecule is COc1ccc(NC(C)=O)cc1NCc1ccc(C)cn1. The molecule has 1 aromatic heterocycles. The van der Waals surface area contributed by atoms with Crippen LogP contribution in [0.1, 0.15) is 18.2 Å². The maximum atomic E-state index is 11.1. The third-order valence-corrected chi connectivity index (χ3v) is 2.95. The molecule has 0 saturated carbocycles. The van der Waals surface area contributed by atoms with Gasteiger partial charge in [-0.25, -0.2) is 0 Å². The van der Waals surface area contributed by atoms with Gasteiger partial charge in [-0.15, -0.1) is 0 Å². The van der Waals surface area contributed by atoms with Crippen LogP contribution in [0.4, 0.5) is 11.4 Å². The minimum absolute atomic E-state index is 0.105. The molecular weight excluding hydrogens is 266 g/mol. The van der Waals surface area contributed by atoms with Gasteiger partial charge < -0.3 is 15.4 Å². The number of rotatable bonds is 5. The Labute approximate surface area is 124 Å². The van der Waals surface area contributed by atoms with E-state index in [4.69, 9.17) is 4.74 Å². The fourth-order valence-electron chi connectivity index (χ4n) is 1.92. The van der Waals surface area contributed by atoms with Crippen molar-refractivity contribution < 1.29 is 9.53 Å². The summed E-state index contributed by atoms with van der Waals surface area (Å²) in [5.41, 5.74) is 3.60.